The van der Waals surface area contributed by atoms with E-state index in [4.69, 9.17) is 7.64 Å². The summed E-state index contributed by atoms with van der Waals surface area (Å²) in [6.45, 7) is 5.85. The molecule has 0 aliphatic rings. The summed E-state index contributed by atoms with van der Waals surface area (Å²) in [6, 6.07) is 0. The zero-order chi connectivity index (χ0) is 5.21. The molecule has 0 amide bonds. The second-order valence-electron chi connectivity index (χ2n) is 2.30. The first-order valence-corrected chi connectivity index (χ1v) is 1.98. The van der Waals surface area contributed by atoms with Crippen molar-refractivity contribution in [1.29, 1.82) is 0 Å². The summed E-state index contributed by atoms with van der Waals surface area (Å²) in [5.74, 6) is 0. The van der Waals surface area contributed by atoms with E-state index in [2.05, 4.69) is 4.90 Å². The molecule has 1 nitrogen and oxygen atoms in total. The van der Waals surface area contributed by atoms with Crippen LogP contribution in [0.5, 0.6) is 0 Å². The Bertz CT molecular complexity index is 53.1. The Morgan fingerprint density at radius 3 is 1.50 bits per heavy atom. The van der Waals surface area contributed by atoms with E-state index >= 15 is 0 Å². The van der Waals surface area contributed by atoms with Gasteiger partial charge in [-0.25, -0.2) is 0 Å². The van der Waals surface area contributed by atoms with Crippen molar-refractivity contribution in [3.05, 3.63) is 0 Å². The van der Waals surface area contributed by atoms with Crippen LogP contribution in [0.4, 0.5) is 0 Å². The summed E-state index contributed by atoms with van der Waals surface area (Å²) >= 11 is 0. The minimum atomic E-state index is -0.0556. The van der Waals surface area contributed by atoms with Gasteiger partial charge in [0.2, 0.25) is 0 Å². The van der Waals surface area contributed by atoms with Crippen molar-refractivity contribution in [2.75, 3.05) is 0 Å². The number of hydrogen-bond donors (Lipinski definition) is 0. The van der Waals surface area contributed by atoms with Gasteiger partial charge < -0.3 is 0 Å². The molecule has 0 saturated heterocycles. The summed E-state index contributed by atoms with van der Waals surface area (Å²) in [5.41, 5.74) is -0.0556. The van der Waals surface area contributed by atoms with E-state index < -0.39 is 0 Å². The zero-order valence-electron chi connectivity index (χ0n) is 4.52. The molecule has 33 valence electrons. The molecule has 2 heteroatoms. The Hall–Kier alpha value is -0.135. The SMILES string of the molecule is [B]=NC(C)(C)C. The fourth-order valence-electron chi connectivity index (χ4n) is 0. The van der Waals surface area contributed by atoms with E-state index in [0.29, 0.717) is 0 Å². The van der Waals surface area contributed by atoms with Gasteiger partial charge in [0.1, 0.15) is 0 Å². The first-order chi connectivity index (χ1) is 2.56. The van der Waals surface area contributed by atoms with Gasteiger partial charge in [-0.15, -0.1) is 0 Å². The van der Waals surface area contributed by atoms with E-state index in [0.717, 1.165) is 0 Å². The molecule has 0 rings (SSSR count). The molecule has 0 fully saturated rings. The molecule has 0 aliphatic heterocycles. The topological polar surface area (TPSA) is 12.4 Å². The van der Waals surface area contributed by atoms with Crippen LogP contribution >= 0.6 is 0 Å². The van der Waals surface area contributed by atoms with Gasteiger partial charge >= 0.3 is 38.8 Å². The molecule has 0 atom stereocenters. The Morgan fingerprint density at radius 2 is 1.50 bits per heavy atom. The third kappa shape index (κ3) is 3.86. The molecule has 0 aromatic carbocycles. The second-order valence-corrected chi connectivity index (χ2v) is 2.30. The van der Waals surface area contributed by atoms with Gasteiger partial charge in [-0.3, -0.25) is 0 Å². The third-order valence-electron chi connectivity index (χ3n) is 0.387. The van der Waals surface area contributed by atoms with E-state index in [1.165, 1.54) is 0 Å². The summed E-state index contributed by atoms with van der Waals surface area (Å²) in [5, 5.41) is 0. The minimum absolute atomic E-state index is 0.0556. The molecule has 0 aromatic heterocycles. The molecule has 0 heterocycles. The Morgan fingerprint density at radius 1 is 1.33 bits per heavy atom. The first kappa shape index (κ1) is 5.86. The normalized spacial score (nSPS) is 11.0. The van der Waals surface area contributed by atoms with Crippen LogP contribution in [0.3, 0.4) is 0 Å². The van der Waals surface area contributed by atoms with Crippen molar-refractivity contribution in [1.82, 2.24) is 0 Å². The molecule has 0 bridgehead atoms. The standard InChI is InChI=1S/C4H9BN/c1-4(2,3)6-5/h1-3H3. The van der Waals surface area contributed by atoms with Crippen molar-refractivity contribution in [3.8, 4) is 0 Å². The van der Waals surface area contributed by atoms with E-state index in [1.807, 2.05) is 20.8 Å². The maximum atomic E-state index is 4.93. The predicted octanol–water partition coefficient (Wildman–Crippen LogP) is 1.14. The Labute approximate surface area is 39.9 Å². The molecular formula is C4H9BN. The summed E-state index contributed by atoms with van der Waals surface area (Å²) in [7, 11) is 4.93. The van der Waals surface area contributed by atoms with Crippen LogP contribution in [0.2, 0.25) is 0 Å². The van der Waals surface area contributed by atoms with Crippen LogP contribution < -0.4 is 0 Å². The van der Waals surface area contributed by atoms with Gasteiger partial charge in [0.05, 0.1) is 0 Å². The van der Waals surface area contributed by atoms with Crippen LogP contribution in [0.15, 0.2) is 4.90 Å². The van der Waals surface area contributed by atoms with Gasteiger partial charge in [0.15, 0.2) is 0 Å². The number of hydrogen-bond acceptors (Lipinski definition) is 1. The molecule has 0 spiro atoms. The van der Waals surface area contributed by atoms with E-state index in [-0.39, 0.29) is 5.54 Å². The van der Waals surface area contributed by atoms with Crippen molar-refractivity contribution in [2.45, 2.75) is 26.3 Å². The molecule has 0 saturated carbocycles. The number of rotatable bonds is 0. The average molecular weight is 81.9 g/mol. The van der Waals surface area contributed by atoms with Crippen molar-refractivity contribution >= 4 is 7.64 Å². The van der Waals surface area contributed by atoms with Gasteiger partial charge in [-0.05, 0) is 0 Å². The van der Waals surface area contributed by atoms with Gasteiger partial charge in [-0.2, -0.15) is 0 Å². The van der Waals surface area contributed by atoms with Gasteiger partial charge in [-0.1, -0.05) is 0 Å². The van der Waals surface area contributed by atoms with Crippen LogP contribution in [0.25, 0.3) is 0 Å². The molecule has 6 heavy (non-hydrogen) atoms. The van der Waals surface area contributed by atoms with Crippen molar-refractivity contribution in [3.63, 3.8) is 0 Å². The molecule has 0 aromatic rings. The average Bonchev–Trinajstić information content (AvgIpc) is 1.35. The van der Waals surface area contributed by atoms with E-state index in [9.17, 15) is 0 Å². The van der Waals surface area contributed by atoms with Crippen LogP contribution in [-0.4, -0.2) is 13.2 Å². The van der Waals surface area contributed by atoms with Gasteiger partial charge in [0.25, 0.3) is 0 Å². The Kier molecular flexibility index (Phi) is 1.51. The van der Waals surface area contributed by atoms with Gasteiger partial charge in [0, 0.05) is 0 Å². The predicted molar refractivity (Wildman–Crippen MR) is 27.9 cm³/mol. The van der Waals surface area contributed by atoms with Crippen LogP contribution in [0, 0.1) is 0 Å². The van der Waals surface area contributed by atoms with Crippen LogP contribution in [0.1, 0.15) is 20.8 Å². The summed E-state index contributed by atoms with van der Waals surface area (Å²) in [6.07, 6.45) is 0. The van der Waals surface area contributed by atoms with Crippen molar-refractivity contribution in [2.24, 2.45) is 4.90 Å². The molecular weight excluding hydrogens is 72.9 g/mol. The molecule has 0 unspecified atom stereocenters. The van der Waals surface area contributed by atoms with Crippen molar-refractivity contribution < 1.29 is 0 Å². The number of nitrogens with zero attached hydrogens (tertiary/aromatic N) is 1. The third-order valence-corrected chi connectivity index (χ3v) is 0.387. The Balaban J connectivity index is 3.45. The monoisotopic (exact) mass is 82.1 g/mol. The fourth-order valence-corrected chi connectivity index (χ4v) is 0. The second kappa shape index (κ2) is 1.54. The maximum absolute atomic E-state index is 4.93. The fraction of sp³-hybridized carbons (Fsp3) is 1.00. The molecule has 0 N–H and O–H groups in total. The van der Waals surface area contributed by atoms with Crippen LogP contribution in [-0.2, 0) is 0 Å². The molecule has 1 radical (unpaired) electrons. The van der Waals surface area contributed by atoms with E-state index in [1.54, 1.807) is 0 Å². The summed E-state index contributed by atoms with van der Waals surface area (Å²) < 4.78 is 0. The summed E-state index contributed by atoms with van der Waals surface area (Å²) in [4.78, 5) is 3.52. The quantitative estimate of drug-likeness (QED) is 0.388. The first-order valence-electron chi connectivity index (χ1n) is 1.98. The zero-order valence-corrected chi connectivity index (χ0v) is 4.52. The molecule has 0 aliphatic carbocycles.